The molecule has 3 nitrogen and oxygen atoms in total. The van der Waals surface area contributed by atoms with Gasteiger partial charge in [0, 0.05) is 11.6 Å². The summed E-state index contributed by atoms with van der Waals surface area (Å²) in [5.74, 6) is 0.655. The summed E-state index contributed by atoms with van der Waals surface area (Å²) in [6.45, 7) is 0.143. The van der Waals surface area contributed by atoms with Crippen molar-refractivity contribution >= 4 is 11.9 Å². The largest absolute Gasteiger partial charge is 0.454 e. The quantitative estimate of drug-likeness (QED) is 0.774. The zero-order valence-electron chi connectivity index (χ0n) is 10.5. The van der Waals surface area contributed by atoms with Crippen molar-refractivity contribution in [2.24, 2.45) is 0 Å². The Bertz CT molecular complexity index is 663. The van der Waals surface area contributed by atoms with Crippen molar-refractivity contribution in [2.75, 3.05) is 6.79 Å². The number of allylic oxidation sites excluding steroid dienone is 5. The van der Waals surface area contributed by atoms with E-state index < -0.39 is 0 Å². The third-order valence-electron chi connectivity index (χ3n) is 2.94. The van der Waals surface area contributed by atoms with Crippen LogP contribution in [0.1, 0.15) is 5.56 Å². The summed E-state index contributed by atoms with van der Waals surface area (Å²) >= 11 is 0. The second kappa shape index (κ2) is 5.17. The third-order valence-corrected chi connectivity index (χ3v) is 2.94. The highest BCUT2D eigenvalue weighted by atomic mass is 19.1. The Hall–Kier alpha value is -2.62. The molecule has 0 amide bonds. The predicted octanol–water partition coefficient (Wildman–Crippen LogP) is 3.12. The average Bonchev–Trinajstić information content (AvgIpc) is 2.88. The highest BCUT2D eigenvalue weighted by molar-refractivity contribution is 6.08. The highest BCUT2D eigenvalue weighted by Crippen LogP contribution is 2.27. The van der Waals surface area contributed by atoms with E-state index in [2.05, 4.69) is 0 Å². The van der Waals surface area contributed by atoms with Crippen LogP contribution in [-0.2, 0) is 14.3 Å². The molecule has 1 aliphatic carbocycles. The molecule has 1 aromatic carbocycles. The number of rotatable bonds is 2. The molecule has 0 spiro atoms. The number of carbonyl (C=O) groups is 1. The number of fused-ring (bicyclic) bond motifs is 1. The molecule has 1 saturated heterocycles. The topological polar surface area (TPSA) is 35.5 Å². The third kappa shape index (κ3) is 2.54. The Balaban J connectivity index is 1.78. The number of ketones is 1. The molecule has 0 unspecified atom stereocenters. The normalized spacial score (nSPS) is 19.4. The molecule has 0 saturated carbocycles. The van der Waals surface area contributed by atoms with Gasteiger partial charge in [0.15, 0.2) is 17.3 Å². The number of hydrogen-bond donors (Lipinski definition) is 0. The first-order valence-corrected chi connectivity index (χ1v) is 6.10. The summed E-state index contributed by atoms with van der Waals surface area (Å²) in [4.78, 5) is 11.8. The van der Waals surface area contributed by atoms with Gasteiger partial charge in [0.1, 0.15) is 5.82 Å². The summed E-state index contributed by atoms with van der Waals surface area (Å²) in [7, 11) is 0. The van der Waals surface area contributed by atoms with Gasteiger partial charge in [-0.1, -0.05) is 30.4 Å². The van der Waals surface area contributed by atoms with Crippen LogP contribution in [0.4, 0.5) is 4.39 Å². The number of ether oxygens (including phenoxy) is 2. The van der Waals surface area contributed by atoms with E-state index in [0.717, 1.165) is 5.56 Å². The van der Waals surface area contributed by atoms with Crippen LogP contribution in [0.15, 0.2) is 65.7 Å². The van der Waals surface area contributed by atoms with Gasteiger partial charge < -0.3 is 9.47 Å². The van der Waals surface area contributed by atoms with Gasteiger partial charge in [-0.15, -0.1) is 0 Å². The van der Waals surface area contributed by atoms with Crippen LogP contribution in [0, 0.1) is 5.82 Å². The maximum Gasteiger partial charge on any atom is 0.231 e. The SMILES string of the molecule is O=C1C=C2OCOC2=C/C1=C\C=C\c1ccc(F)cc1. The maximum absolute atomic E-state index is 12.8. The summed E-state index contributed by atoms with van der Waals surface area (Å²) in [5.41, 5.74) is 1.38. The Morgan fingerprint density at radius 2 is 1.75 bits per heavy atom. The van der Waals surface area contributed by atoms with Crippen molar-refractivity contribution in [2.45, 2.75) is 0 Å². The van der Waals surface area contributed by atoms with Crippen LogP contribution in [0.5, 0.6) is 0 Å². The van der Waals surface area contributed by atoms with E-state index in [0.29, 0.717) is 17.1 Å². The molecular formula is C16H11FO3. The predicted molar refractivity (Wildman–Crippen MR) is 71.7 cm³/mol. The monoisotopic (exact) mass is 270 g/mol. The van der Waals surface area contributed by atoms with E-state index in [4.69, 9.17) is 9.47 Å². The molecule has 0 radical (unpaired) electrons. The van der Waals surface area contributed by atoms with E-state index in [-0.39, 0.29) is 18.4 Å². The molecule has 1 aromatic rings. The smallest absolute Gasteiger partial charge is 0.231 e. The minimum absolute atomic E-state index is 0.127. The lowest BCUT2D eigenvalue weighted by Gasteiger charge is -2.05. The van der Waals surface area contributed by atoms with Gasteiger partial charge in [-0.25, -0.2) is 4.39 Å². The van der Waals surface area contributed by atoms with Crippen LogP contribution in [-0.4, -0.2) is 12.6 Å². The Kier molecular flexibility index (Phi) is 3.21. The molecule has 0 atom stereocenters. The number of carbonyl (C=O) groups excluding carboxylic acids is 1. The minimum atomic E-state index is -0.274. The fourth-order valence-corrected chi connectivity index (χ4v) is 1.91. The zero-order chi connectivity index (χ0) is 13.9. The molecule has 3 rings (SSSR count). The van der Waals surface area contributed by atoms with E-state index in [1.54, 1.807) is 36.4 Å². The van der Waals surface area contributed by atoms with Crippen LogP contribution in [0.2, 0.25) is 0 Å². The van der Waals surface area contributed by atoms with Gasteiger partial charge in [0.25, 0.3) is 0 Å². The van der Waals surface area contributed by atoms with E-state index in [1.165, 1.54) is 18.2 Å². The summed E-state index contributed by atoms with van der Waals surface area (Å²) < 4.78 is 23.1. The molecule has 0 bridgehead atoms. The molecule has 4 heteroatoms. The van der Waals surface area contributed by atoms with Crippen molar-refractivity contribution in [3.8, 4) is 0 Å². The highest BCUT2D eigenvalue weighted by Gasteiger charge is 2.24. The van der Waals surface area contributed by atoms with Gasteiger partial charge >= 0.3 is 0 Å². The first-order valence-electron chi connectivity index (χ1n) is 6.10. The fraction of sp³-hybridized carbons (Fsp3) is 0.0625. The molecule has 1 fully saturated rings. The number of hydrogen-bond acceptors (Lipinski definition) is 3. The molecule has 1 heterocycles. The minimum Gasteiger partial charge on any atom is -0.454 e. The van der Waals surface area contributed by atoms with Crippen molar-refractivity contribution in [3.05, 3.63) is 77.0 Å². The Labute approximate surface area is 115 Å². The van der Waals surface area contributed by atoms with E-state index >= 15 is 0 Å². The van der Waals surface area contributed by atoms with Crippen LogP contribution >= 0.6 is 0 Å². The lowest BCUT2D eigenvalue weighted by atomic mass is 10.0. The maximum atomic E-state index is 12.8. The Morgan fingerprint density at radius 3 is 2.50 bits per heavy atom. The van der Waals surface area contributed by atoms with Gasteiger partial charge in [0.05, 0.1) is 0 Å². The second-order valence-corrected chi connectivity index (χ2v) is 4.32. The zero-order valence-corrected chi connectivity index (χ0v) is 10.5. The molecule has 0 aromatic heterocycles. The van der Waals surface area contributed by atoms with E-state index in [9.17, 15) is 9.18 Å². The summed E-state index contributed by atoms with van der Waals surface area (Å²) in [6.07, 6.45) is 8.29. The number of benzene rings is 1. The van der Waals surface area contributed by atoms with Gasteiger partial charge in [-0.05, 0) is 23.8 Å². The van der Waals surface area contributed by atoms with Crippen LogP contribution in [0.25, 0.3) is 6.08 Å². The van der Waals surface area contributed by atoms with Crippen molar-refractivity contribution in [1.82, 2.24) is 0 Å². The van der Waals surface area contributed by atoms with Gasteiger partial charge in [-0.2, -0.15) is 0 Å². The molecule has 1 aliphatic heterocycles. The molecule has 100 valence electrons. The summed E-state index contributed by atoms with van der Waals surface area (Å²) in [6, 6.07) is 6.10. The first-order chi connectivity index (χ1) is 9.72. The fourth-order valence-electron chi connectivity index (χ4n) is 1.91. The standard InChI is InChI=1S/C16H11FO3/c17-13-6-4-11(5-7-13)2-1-3-12-8-15-16(9-14(12)18)20-10-19-15/h1-9H,10H2/b2-1+,12-3+. The summed E-state index contributed by atoms with van der Waals surface area (Å²) in [5, 5.41) is 0. The molecule has 2 aliphatic rings. The molecular weight excluding hydrogens is 259 g/mol. The lowest BCUT2D eigenvalue weighted by molar-refractivity contribution is -0.111. The number of halogens is 1. The average molecular weight is 270 g/mol. The molecule has 0 N–H and O–H groups in total. The van der Waals surface area contributed by atoms with Crippen LogP contribution < -0.4 is 0 Å². The van der Waals surface area contributed by atoms with Gasteiger partial charge in [-0.3, -0.25) is 4.79 Å². The second-order valence-electron chi connectivity index (χ2n) is 4.32. The lowest BCUT2D eigenvalue weighted by Crippen LogP contribution is -2.04. The van der Waals surface area contributed by atoms with Crippen molar-refractivity contribution < 1.29 is 18.7 Å². The van der Waals surface area contributed by atoms with Gasteiger partial charge in [0.2, 0.25) is 6.79 Å². The van der Waals surface area contributed by atoms with Crippen LogP contribution in [0.3, 0.4) is 0 Å². The first kappa shape index (κ1) is 12.4. The Morgan fingerprint density at radius 1 is 1.05 bits per heavy atom. The van der Waals surface area contributed by atoms with Crippen molar-refractivity contribution in [3.63, 3.8) is 0 Å². The van der Waals surface area contributed by atoms with E-state index in [1.807, 2.05) is 0 Å². The van der Waals surface area contributed by atoms with Crippen molar-refractivity contribution in [1.29, 1.82) is 0 Å². The molecule has 20 heavy (non-hydrogen) atoms.